The number of carbonyl (C=O) groups is 2. The number of hydrogen-bond donors (Lipinski definition) is 2. The number of imide groups is 1. The molecule has 1 aliphatic rings. The highest BCUT2D eigenvalue weighted by molar-refractivity contribution is 6.09. The van der Waals surface area contributed by atoms with Gasteiger partial charge in [-0.05, 0) is 29.7 Å². The molecule has 1 atom stereocenters. The van der Waals surface area contributed by atoms with Crippen LogP contribution in [-0.4, -0.2) is 41.2 Å². The maximum absolute atomic E-state index is 13.6. The highest BCUT2D eigenvalue weighted by Crippen LogP contribution is 2.36. The lowest BCUT2D eigenvalue weighted by Gasteiger charge is -2.28. The van der Waals surface area contributed by atoms with Crippen LogP contribution in [0.4, 0.5) is 4.79 Å². The zero-order chi connectivity index (χ0) is 21.8. The Bertz CT molecular complexity index is 1030. The van der Waals surface area contributed by atoms with Crippen LogP contribution in [0.25, 0.3) is 0 Å². The fourth-order valence-electron chi connectivity index (χ4n) is 3.84. The van der Waals surface area contributed by atoms with Crippen LogP contribution in [0.5, 0.6) is 5.75 Å². The van der Waals surface area contributed by atoms with Crippen LogP contribution < -0.4 is 10.1 Å². The van der Waals surface area contributed by atoms with E-state index in [0.717, 1.165) is 10.5 Å². The third kappa shape index (κ3) is 3.90. The molecule has 0 unspecified atom stereocenters. The standard InChI is InChI=1S/C25H24N2O4/c1-18-10-8-9-15-22(18)31-17-21(28)16-27-23(29)25(26-24(27)30,19-11-4-2-5-12-19)20-13-6-3-7-14-20/h2-15,21,28H,16-17H2,1H3,(H,26,30)/t21-/m1/s1. The fraction of sp³-hybridized carbons (Fsp3) is 0.200. The summed E-state index contributed by atoms with van der Waals surface area (Å²) in [7, 11) is 0. The van der Waals surface area contributed by atoms with Crippen molar-refractivity contribution in [2.75, 3.05) is 13.2 Å². The zero-order valence-electron chi connectivity index (χ0n) is 17.2. The molecule has 3 aromatic carbocycles. The molecule has 2 N–H and O–H groups in total. The van der Waals surface area contributed by atoms with Crippen molar-refractivity contribution in [3.05, 3.63) is 102 Å². The molecule has 31 heavy (non-hydrogen) atoms. The smallest absolute Gasteiger partial charge is 0.325 e. The first-order chi connectivity index (χ1) is 15.0. The van der Waals surface area contributed by atoms with Gasteiger partial charge in [-0.25, -0.2) is 4.79 Å². The average molecular weight is 416 g/mol. The van der Waals surface area contributed by atoms with E-state index in [-0.39, 0.29) is 13.2 Å². The van der Waals surface area contributed by atoms with Crippen molar-refractivity contribution in [2.24, 2.45) is 0 Å². The molecule has 1 heterocycles. The maximum Gasteiger partial charge on any atom is 0.325 e. The summed E-state index contributed by atoms with van der Waals surface area (Å²) in [5.74, 6) is 0.228. The van der Waals surface area contributed by atoms with Crippen molar-refractivity contribution in [2.45, 2.75) is 18.6 Å². The molecule has 3 aromatic rings. The van der Waals surface area contributed by atoms with Gasteiger partial charge in [-0.1, -0.05) is 78.9 Å². The average Bonchev–Trinajstić information content (AvgIpc) is 3.05. The molecule has 6 nitrogen and oxygen atoms in total. The van der Waals surface area contributed by atoms with E-state index in [9.17, 15) is 14.7 Å². The molecule has 0 radical (unpaired) electrons. The van der Waals surface area contributed by atoms with Gasteiger partial charge in [0, 0.05) is 0 Å². The van der Waals surface area contributed by atoms with Crippen molar-refractivity contribution < 1.29 is 19.4 Å². The normalized spacial score (nSPS) is 16.1. The Hall–Kier alpha value is -3.64. The van der Waals surface area contributed by atoms with E-state index in [1.807, 2.05) is 91.9 Å². The Balaban J connectivity index is 1.57. The van der Waals surface area contributed by atoms with Crippen molar-refractivity contribution in [1.82, 2.24) is 10.2 Å². The van der Waals surface area contributed by atoms with Crippen molar-refractivity contribution in [1.29, 1.82) is 0 Å². The van der Waals surface area contributed by atoms with E-state index < -0.39 is 23.6 Å². The first-order valence-corrected chi connectivity index (χ1v) is 10.1. The number of para-hydroxylation sites is 1. The summed E-state index contributed by atoms with van der Waals surface area (Å²) in [5, 5.41) is 13.4. The molecular formula is C25H24N2O4. The van der Waals surface area contributed by atoms with E-state index >= 15 is 0 Å². The second kappa shape index (κ2) is 8.62. The summed E-state index contributed by atoms with van der Waals surface area (Å²) in [6.07, 6.45) is -1.03. The number of aryl methyl sites for hydroxylation is 1. The van der Waals surface area contributed by atoms with Crippen LogP contribution >= 0.6 is 0 Å². The van der Waals surface area contributed by atoms with Crippen LogP contribution in [0, 0.1) is 6.92 Å². The summed E-state index contributed by atoms with van der Waals surface area (Å²) in [4.78, 5) is 27.5. The molecular weight excluding hydrogens is 392 g/mol. The molecule has 1 aliphatic heterocycles. The SMILES string of the molecule is Cc1ccccc1OC[C@H](O)CN1C(=O)NC(c2ccccc2)(c2ccccc2)C1=O. The first kappa shape index (κ1) is 20.6. The van der Waals surface area contributed by atoms with Gasteiger partial charge < -0.3 is 15.2 Å². The molecule has 0 aromatic heterocycles. The van der Waals surface area contributed by atoms with Crippen molar-refractivity contribution >= 4 is 11.9 Å². The number of urea groups is 1. The summed E-state index contributed by atoms with van der Waals surface area (Å²) >= 11 is 0. The predicted octanol–water partition coefficient (Wildman–Crippen LogP) is 3.23. The second-order valence-electron chi connectivity index (χ2n) is 7.56. The fourth-order valence-corrected chi connectivity index (χ4v) is 3.84. The number of aliphatic hydroxyl groups is 1. The van der Waals surface area contributed by atoms with Gasteiger partial charge >= 0.3 is 6.03 Å². The van der Waals surface area contributed by atoms with Crippen LogP contribution in [-0.2, 0) is 10.3 Å². The summed E-state index contributed by atoms with van der Waals surface area (Å²) in [5.41, 5.74) is 0.924. The van der Waals surface area contributed by atoms with E-state index in [1.54, 1.807) is 0 Å². The summed E-state index contributed by atoms with van der Waals surface area (Å²) in [6.45, 7) is 1.71. The topological polar surface area (TPSA) is 78.9 Å². The van der Waals surface area contributed by atoms with Crippen molar-refractivity contribution in [3.63, 3.8) is 0 Å². The van der Waals surface area contributed by atoms with Crippen LogP contribution in [0.1, 0.15) is 16.7 Å². The number of aliphatic hydroxyl groups excluding tert-OH is 1. The minimum Gasteiger partial charge on any atom is -0.491 e. The van der Waals surface area contributed by atoms with Gasteiger partial charge in [-0.3, -0.25) is 9.69 Å². The maximum atomic E-state index is 13.6. The molecule has 158 valence electrons. The first-order valence-electron chi connectivity index (χ1n) is 10.1. The predicted molar refractivity (Wildman–Crippen MR) is 117 cm³/mol. The van der Waals surface area contributed by atoms with Crippen molar-refractivity contribution in [3.8, 4) is 5.75 Å². The minimum atomic E-state index is -1.34. The molecule has 0 saturated carbocycles. The third-order valence-electron chi connectivity index (χ3n) is 5.44. The molecule has 0 aliphatic carbocycles. The highest BCUT2D eigenvalue weighted by Gasteiger charge is 2.53. The molecule has 1 fully saturated rings. The molecule has 0 bridgehead atoms. The van der Waals surface area contributed by atoms with Crippen LogP contribution in [0.2, 0.25) is 0 Å². The van der Waals surface area contributed by atoms with E-state index in [0.29, 0.717) is 16.9 Å². The van der Waals surface area contributed by atoms with Crippen LogP contribution in [0.3, 0.4) is 0 Å². The molecule has 4 rings (SSSR count). The molecule has 1 saturated heterocycles. The lowest BCUT2D eigenvalue weighted by molar-refractivity contribution is -0.131. The molecule has 6 heteroatoms. The largest absolute Gasteiger partial charge is 0.491 e. The van der Waals surface area contributed by atoms with E-state index in [2.05, 4.69) is 5.32 Å². The number of carbonyl (C=O) groups excluding carboxylic acids is 2. The van der Waals surface area contributed by atoms with Gasteiger partial charge in [-0.15, -0.1) is 0 Å². The number of β-amino-alcohol motifs (C(OH)–C–C–N with tert-alkyl or cyclic N) is 1. The minimum absolute atomic E-state index is 0.0361. The number of nitrogens with one attached hydrogen (secondary N) is 1. The Labute approximate surface area is 181 Å². The summed E-state index contributed by atoms with van der Waals surface area (Å²) < 4.78 is 5.68. The lowest BCUT2D eigenvalue weighted by Crippen LogP contribution is -2.46. The number of amides is 3. The van der Waals surface area contributed by atoms with E-state index in [1.165, 1.54) is 0 Å². The van der Waals surface area contributed by atoms with Gasteiger partial charge in [0.05, 0.1) is 6.54 Å². The van der Waals surface area contributed by atoms with Gasteiger partial charge in [0.15, 0.2) is 5.54 Å². The zero-order valence-corrected chi connectivity index (χ0v) is 17.2. The molecule has 0 spiro atoms. The lowest BCUT2D eigenvalue weighted by atomic mass is 9.82. The molecule has 3 amide bonds. The number of ether oxygens (including phenoxy) is 1. The number of rotatable bonds is 7. The van der Waals surface area contributed by atoms with Gasteiger partial charge in [0.1, 0.15) is 18.5 Å². The van der Waals surface area contributed by atoms with E-state index in [4.69, 9.17) is 4.74 Å². The van der Waals surface area contributed by atoms with Gasteiger partial charge in [-0.2, -0.15) is 0 Å². The summed E-state index contributed by atoms with van der Waals surface area (Å²) in [6, 6.07) is 25.2. The Morgan fingerprint density at radius 1 is 0.903 bits per heavy atom. The van der Waals surface area contributed by atoms with Crippen LogP contribution in [0.15, 0.2) is 84.9 Å². The van der Waals surface area contributed by atoms with Gasteiger partial charge in [0.25, 0.3) is 5.91 Å². The number of benzene rings is 3. The second-order valence-corrected chi connectivity index (χ2v) is 7.56. The monoisotopic (exact) mass is 416 g/mol. The Morgan fingerprint density at radius 3 is 2.03 bits per heavy atom. The Kier molecular flexibility index (Phi) is 5.73. The number of nitrogens with zero attached hydrogens (tertiary/aromatic N) is 1. The quantitative estimate of drug-likeness (QED) is 0.580. The van der Waals surface area contributed by atoms with Gasteiger partial charge in [0.2, 0.25) is 0 Å². The number of hydrogen-bond acceptors (Lipinski definition) is 4. The highest BCUT2D eigenvalue weighted by atomic mass is 16.5. The Morgan fingerprint density at radius 2 is 1.45 bits per heavy atom. The third-order valence-corrected chi connectivity index (χ3v) is 5.44.